The number of hydrogen-bond acceptors (Lipinski definition) is 0. The summed E-state index contributed by atoms with van der Waals surface area (Å²) >= 11 is 0. The number of rotatable bonds is 3. The fourth-order valence-corrected chi connectivity index (χ4v) is 3.73. The maximum absolute atomic E-state index is 3.80. The second-order valence-electron chi connectivity index (χ2n) is 8.88. The molecule has 4 aromatic rings. The predicted molar refractivity (Wildman–Crippen MR) is 175 cm³/mol. The van der Waals surface area contributed by atoms with Crippen molar-refractivity contribution in [2.75, 3.05) is 0 Å². The third-order valence-electron chi connectivity index (χ3n) is 5.46. The molecule has 6 rings (SSSR count). The Morgan fingerprint density at radius 3 is 1.20 bits per heavy atom. The minimum absolute atomic E-state index is 0. The van der Waals surface area contributed by atoms with Gasteiger partial charge in [0.05, 0.1) is 0 Å². The maximum Gasteiger partial charge on any atom is 2.00 e. The van der Waals surface area contributed by atoms with Crippen molar-refractivity contribution < 1.29 is 26.2 Å². The van der Waals surface area contributed by atoms with E-state index in [1.165, 1.54) is 21.6 Å². The van der Waals surface area contributed by atoms with E-state index in [-0.39, 0.29) is 26.2 Å². The van der Waals surface area contributed by atoms with Crippen LogP contribution in [-0.4, -0.2) is 9.52 Å². The Balaban J connectivity index is 0.000000204. The van der Waals surface area contributed by atoms with Crippen molar-refractivity contribution >= 4 is 46.0 Å². The summed E-state index contributed by atoms with van der Waals surface area (Å²) in [6.45, 7) is 12.0. The second kappa shape index (κ2) is 18.7. The first kappa shape index (κ1) is 32.6. The third-order valence-corrected chi connectivity index (χ3v) is 5.46. The number of benzene rings is 4. The molecule has 0 aromatic heterocycles. The van der Waals surface area contributed by atoms with Gasteiger partial charge in [-0.05, 0) is 11.1 Å². The van der Waals surface area contributed by atoms with Gasteiger partial charge in [-0.2, -0.15) is 13.2 Å². The van der Waals surface area contributed by atoms with E-state index in [2.05, 4.69) is 99.1 Å². The molecule has 0 saturated carbocycles. The van der Waals surface area contributed by atoms with E-state index in [0.29, 0.717) is 0 Å². The summed E-state index contributed by atoms with van der Waals surface area (Å²) in [4.78, 5) is 0. The van der Waals surface area contributed by atoms with E-state index in [0.717, 1.165) is 31.1 Å². The Labute approximate surface area is 261 Å². The van der Waals surface area contributed by atoms with Crippen LogP contribution in [0.4, 0.5) is 0 Å². The molecule has 0 bridgehead atoms. The van der Waals surface area contributed by atoms with E-state index in [9.17, 15) is 0 Å². The molecule has 195 valence electrons. The summed E-state index contributed by atoms with van der Waals surface area (Å²) in [7, 11) is 0.750. The van der Waals surface area contributed by atoms with E-state index in [4.69, 9.17) is 0 Å². The Morgan fingerprint density at radius 1 is 0.525 bits per heavy atom. The molecule has 0 spiro atoms. The summed E-state index contributed by atoms with van der Waals surface area (Å²) in [5.74, 6) is 0. The quantitative estimate of drug-likeness (QED) is 0.145. The fraction of sp³-hybridized carbons (Fsp3) is 0.0526. The zero-order valence-electron chi connectivity index (χ0n) is 23.3. The fourth-order valence-electron chi connectivity index (χ4n) is 3.73. The van der Waals surface area contributed by atoms with E-state index in [1.54, 1.807) is 0 Å². The molecular weight excluding hydrogens is 576 g/mol. The van der Waals surface area contributed by atoms with Gasteiger partial charge < -0.3 is 0 Å². The normalized spacial score (nSPS) is 11.8. The van der Waals surface area contributed by atoms with Gasteiger partial charge in [0.1, 0.15) is 0 Å². The van der Waals surface area contributed by atoms with Crippen LogP contribution in [0, 0.1) is 0 Å². The van der Waals surface area contributed by atoms with Crippen molar-refractivity contribution in [2.24, 2.45) is 0 Å². The summed E-state index contributed by atoms with van der Waals surface area (Å²) in [5.41, 5.74) is 4.39. The molecule has 0 fully saturated rings. The first-order chi connectivity index (χ1) is 19.1. The zero-order valence-corrected chi connectivity index (χ0v) is 27.0. The average molecular weight is 611 g/mol. The van der Waals surface area contributed by atoms with Gasteiger partial charge in [-0.3, -0.25) is 0 Å². The first-order valence-electron chi connectivity index (χ1n) is 13.1. The van der Waals surface area contributed by atoms with Crippen molar-refractivity contribution in [1.29, 1.82) is 0 Å². The number of hydrogen-bond donors (Lipinski definition) is 0. The minimum Gasteiger partial charge on any atom is -0.156 e. The largest absolute Gasteiger partial charge is 2.00 e. The van der Waals surface area contributed by atoms with Crippen LogP contribution in [0.1, 0.15) is 11.1 Å². The smallest absolute Gasteiger partial charge is 0.156 e. The van der Waals surface area contributed by atoms with Crippen LogP contribution in [-0.2, 0) is 26.2 Å². The molecule has 4 aromatic carbocycles. The SMILES string of the molecule is C(C=Cc1ccccc1)=Cc1ccccc1.C=C1[C-]=c2ccccc2=C1.C=C1[C-]=c2ccccc2=C1.C[SiH]C.[Zr+2]. The van der Waals surface area contributed by atoms with Gasteiger partial charge in [0.2, 0.25) is 0 Å². The molecule has 0 saturated heterocycles. The summed E-state index contributed by atoms with van der Waals surface area (Å²) in [5, 5.41) is 4.78. The number of fused-ring (bicyclic) bond motifs is 2. The molecule has 0 heterocycles. The molecule has 0 nitrogen and oxygen atoms in total. The molecule has 0 aliphatic heterocycles. The third kappa shape index (κ3) is 11.7. The van der Waals surface area contributed by atoms with Gasteiger partial charge in [0, 0.05) is 9.52 Å². The molecule has 2 aliphatic rings. The maximum atomic E-state index is 3.80. The molecule has 0 unspecified atom stereocenters. The van der Waals surface area contributed by atoms with Crippen molar-refractivity contribution in [3.63, 3.8) is 0 Å². The van der Waals surface area contributed by atoms with Crippen molar-refractivity contribution in [3.05, 3.63) is 178 Å². The molecular formula is C38H35SiZr. The zero-order chi connectivity index (χ0) is 27.7. The van der Waals surface area contributed by atoms with Crippen molar-refractivity contribution in [2.45, 2.75) is 13.1 Å². The van der Waals surface area contributed by atoms with Crippen LogP contribution < -0.4 is 20.9 Å². The summed E-state index contributed by atoms with van der Waals surface area (Å²) < 4.78 is 0. The standard InChI is InChI=1S/C16H14.2C10H7.C2H7Si.Zr/c1-3-9-15(10-4-1)13-7-8-14-16-11-5-2-6-12-16;2*1-8-6-9-4-2-3-5-10(9)7-8;1-3-2;/h1-14H;2*2-6H,1H2;3H,1-2H3;/q;2*-1;;+2. The monoisotopic (exact) mass is 609 g/mol. The van der Waals surface area contributed by atoms with Gasteiger partial charge in [0.25, 0.3) is 0 Å². The molecule has 0 atom stereocenters. The Morgan fingerprint density at radius 2 is 0.850 bits per heavy atom. The van der Waals surface area contributed by atoms with Gasteiger partial charge >= 0.3 is 26.2 Å². The minimum atomic E-state index is 0. The number of allylic oxidation sites excluding steroid dienone is 4. The average Bonchev–Trinajstić information content (AvgIpc) is 3.54. The first-order valence-corrected chi connectivity index (χ1v) is 15.4. The van der Waals surface area contributed by atoms with Crippen LogP contribution in [0.3, 0.4) is 0 Å². The Kier molecular flexibility index (Phi) is 15.2. The van der Waals surface area contributed by atoms with E-state index in [1.807, 2.05) is 84.9 Å². The van der Waals surface area contributed by atoms with Gasteiger partial charge in [-0.15, -0.1) is 68.5 Å². The van der Waals surface area contributed by atoms with Crippen LogP contribution in [0.5, 0.6) is 0 Å². The van der Waals surface area contributed by atoms with Crippen LogP contribution in [0.25, 0.3) is 36.5 Å². The summed E-state index contributed by atoms with van der Waals surface area (Å²) in [6, 6.07) is 36.9. The Hall–Kier alpha value is -3.58. The van der Waals surface area contributed by atoms with E-state index < -0.39 is 0 Å². The van der Waals surface area contributed by atoms with Crippen molar-refractivity contribution in [1.82, 2.24) is 0 Å². The van der Waals surface area contributed by atoms with E-state index >= 15 is 0 Å². The second-order valence-corrected chi connectivity index (χ2v) is 10.0. The predicted octanol–water partition coefficient (Wildman–Crippen LogP) is 6.32. The molecule has 0 N–H and O–H groups in total. The topological polar surface area (TPSA) is 0 Å². The molecule has 2 aliphatic carbocycles. The molecule has 40 heavy (non-hydrogen) atoms. The molecule has 0 amide bonds. The van der Waals surface area contributed by atoms with Gasteiger partial charge in [-0.1, -0.05) is 134 Å². The summed E-state index contributed by atoms with van der Waals surface area (Å²) in [6.07, 6.45) is 18.7. The van der Waals surface area contributed by atoms with Crippen LogP contribution in [0.2, 0.25) is 13.1 Å². The molecule has 1 radical (unpaired) electrons. The van der Waals surface area contributed by atoms with Crippen LogP contribution >= 0.6 is 0 Å². The van der Waals surface area contributed by atoms with Gasteiger partial charge in [0.15, 0.2) is 0 Å². The van der Waals surface area contributed by atoms with Gasteiger partial charge in [-0.25, -0.2) is 0 Å². The van der Waals surface area contributed by atoms with Crippen molar-refractivity contribution in [3.8, 4) is 0 Å². The Bertz CT molecular complexity index is 1460. The molecule has 2 heteroatoms. The van der Waals surface area contributed by atoms with Crippen LogP contribution in [0.15, 0.2) is 146 Å².